The number of halogens is 2. The number of carbonyl (C=O) groups is 2. The van der Waals surface area contributed by atoms with E-state index < -0.39 is 11.8 Å². The fourth-order valence-electron chi connectivity index (χ4n) is 2.48. The lowest BCUT2D eigenvalue weighted by molar-refractivity contribution is -0.115. The summed E-state index contributed by atoms with van der Waals surface area (Å²) >= 11 is 5.92. The lowest BCUT2D eigenvalue weighted by Crippen LogP contribution is -2.47. The van der Waals surface area contributed by atoms with Crippen LogP contribution in [0, 0.1) is 5.82 Å². The molecule has 9 heteroatoms. The first-order valence-corrected chi connectivity index (χ1v) is 10.1. The summed E-state index contributed by atoms with van der Waals surface area (Å²) in [7, 11) is 1.61. The molecule has 0 aliphatic heterocycles. The van der Waals surface area contributed by atoms with Gasteiger partial charge in [-0.25, -0.2) is 14.2 Å². The molecule has 0 aliphatic carbocycles. The number of amides is 3. The van der Waals surface area contributed by atoms with Crippen molar-refractivity contribution in [3.8, 4) is 5.75 Å². The van der Waals surface area contributed by atoms with Gasteiger partial charge >= 0.3 is 6.03 Å². The summed E-state index contributed by atoms with van der Waals surface area (Å²) in [5.41, 5.74) is 0.986. The van der Waals surface area contributed by atoms with E-state index in [0.717, 1.165) is 5.56 Å². The van der Waals surface area contributed by atoms with Crippen LogP contribution in [0.15, 0.2) is 47.5 Å². The Labute approximate surface area is 186 Å². The first-order chi connectivity index (χ1) is 14.7. The Morgan fingerprint density at radius 3 is 2.48 bits per heavy atom. The standard InChI is InChI=1S/C22H26ClFN4O3/c1-5-27(4)22(30)26-21(28(14-29)13-16-6-8-17(23)9-7-16)25-18-10-11-20(19(24)12-18)31-15(2)3/h6-12,14-15H,5,13H2,1-4H3,(H,25,26,30). The van der Waals surface area contributed by atoms with E-state index in [9.17, 15) is 14.0 Å². The summed E-state index contributed by atoms with van der Waals surface area (Å²) in [5, 5.41) is 3.18. The maximum atomic E-state index is 14.4. The lowest BCUT2D eigenvalue weighted by Gasteiger charge is -2.23. The largest absolute Gasteiger partial charge is 0.488 e. The van der Waals surface area contributed by atoms with Crippen molar-refractivity contribution >= 4 is 35.7 Å². The van der Waals surface area contributed by atoms with E-state index in [1.165, 1.54) is 21.9 Å². The van der Waals surface area contributed by atoms with Gasteiger partial charge in [0.2, 0.25) is 12.4 Å². The van der Waals surface area contributed by atoms with Crippen molar-refractivity contribution in [2.75, 3.05) is 13.6 Å². The van der Waals surface area contributed by atoms with Gasteiger partial charge in [0.05, 0.1) is 18.3 Å². The van der Waals surface area contributed by atoms with Crippen LogP contribution in [0.5, 0.6) is 5.75 Å². The summed E-state index contributed by atoms with van der Waals surface area (Å²) in [4.78, 5) is 31.2. The minimum atomic E-state index is -0.596. The molecule has 0 aliphatic rings. The average Bonchev–Trinajstić information content (AvgIpc) is 2.73. The number of nitrogens with zero attached hydrogens (tertiary/aromatic N) is 3. The quantitative estimate of drug-likeness (QED) is 0.383. The van der Waals surface area contributed by atoms with Gasteiger partial charge in [0.15, 0.2) is 11.6 Å². The van der Waals surface area contributed by atoms with Crippen LogP contribution in [0.3, 0.4) is 0 Å². The van der Waals surface area contributed by atoms with E-state index in [1.54, 1.807) is 51.2 Å². The van der Waals surface area contributed by atoms with Crippen LogP contribution in [-0.2, 0) is 11.3 Å². The van der Waals surface area contributed by atoms with E-state index in [2.05, 4.69) is 10.3 Å². The van der Waals surface area contributed by atoms with E-state index >= 15 is 0 Å². The Bertz CT molecular complexity index is 935. The number of guanidine groups is 1. The maximum Gasteiger partial charge on any atom is 0.323 e. The Hall–Kier alpha value is -3.13. The van der Waals surface area contributed by atoms with Gasteiger partial charge in [0.25, 0.3) is 0 Å². The molecular weight excluding hydrogens is 423 g/mol. The number of rotatable bonds is 7. The molecule has 0 aromatic heterocycles. The number of carbonyl (C=O) groups excluding carboxylic acids is 2. The summed E-state index contributed by atoms with van der Waals surface area (Å²) in [6, 6.07) is 10.6. The van der Waals surface area contributed by atoms with Crippen molar-refractivity contribution in [1.82, 2.24) is 15.1 Å². The van der Waals surface area contributed by atoms with Crippen LogP contribution in [0.4, 0.5) is 14.9 Å². The second-order valence-electron chi connectivity index (χ2n) is 7.02. The molecule has 0 bridgehead atoms. The first kappa shape index (κ1) is 24.1. The van der Waals surface area contributed by atoms with E-state index in [1.807, 2.05) is 6.92 Å². The third kappa shape index (κ3) is 7.25. The van der Waals surface area contributed by atoms with Crippen molar-refractivity contribution in [3.63, 3.8) is 0 Å². The molecule has 0 spiro atoms. The summed E-state index contributed by atoms with van der Waals surface area (Å²) < 4.78 is 19.8. The molecule has 0 unspecified atom stereocenters. The highest BCUT2D eigenvalue weighted by Gasteiger charge is 2.17. The highest BCUT2D eigenvalue weighted by molar-refractivity contribution is 6.30. The van der Waals surface area contributed by atoms with Crippen molar-refractivity contribution in [3.05, 3.63) is 58.9 Å². The maximum absolute atomic E-state index is 14.4. The third-order valence-electron chi connectivity index (χ3n) is 4.22. The fourth-order valence-corrected chi connectivity index (χ4v) is 2.60. The molecule has 0 saturated carbocycles. The predicted molar refractivity (Wildman–Crippen MR) is 119 cm³/mol. The van der Waals surface area contributed by atoms with Crippen LogP contribution in [0.1, 0.15) is 26.3 Å². The molecule has 0 fully saturated rings. The summed E-state index contributed by atoms with van der Waals surface area (Å²) in [5.74, 6) is -0.535. The molecular formula is C22H26ClFN4O3. The van der Waals surface area contributed by atoms with Crippen molar-refractivity contribution in [1.29, 1.82) is 0 Å². The van der Waals surface area contributed by atoms with Gasteiger partial charge < -0.3 is 9.64 Å². The zero-order valence-corrected chi connectivity index (χ0v) is 18.7. The second kappa shape index (κ2) is 11.3. The monoisotopic (exact) mass is 448 g/mol. The van der Waals surface area contributed by atoms with Gasteiger partial charge in [-0.2, -0.15) is 0 Å². The molecule has 2 rings (SSSR count). The Morgan fingerprint density at radius 1 is 1.26 bits per heavy atom. The number of ether oxygens (including phenoxy) is 1. The van der Waals surface area contributed by atoms with Gasteiger partial charge in [-0.1, -0.05) is 23.7 Å². The molecule has 0 atom stereocenters. The van der Waals surface area contributed by atoms with Crippen LogP contribution < -0.4 is 10.1 Å². The molecule has 166 valence electrons. The normalized spacial score (nSPS) is 11.3. The molecule has 2 aromatic carbocycles. The van der Waals surface area contributed by atoms with Crippen LogP contribution in [0.25, 0.3) is 0 Å². The van der Waals surface area contributed by atoms with Crippen molar-refractivity contribution < 1.29 is 18.7 Å². The molecule has 0 heterocycles. The molecule has 1 N–H and O–H groups in total. The average molecular weight is 449 g/mol. The SMILES string of the molecule is CCN(C)C(=O)NC(=Nc1ccc(OC(C)C)c(F)c1)N(C=O)Cc1ccc(Cl)cc1. The minimum Gasteiger partial charge on any atom is -0.488 e. The van der Waals surface area contributed by atoms with Gasteiger partial charge in [-0.05, 0) is 50.6 Å². The van der Waals surface area contributed by atoms with Crippen LogP contribution in [-0.4, -0.2) is 47.9 Å². The first-order valence-electron chi connectivity index (χ1n) is 9.76. The number of aliphatic imine (C=N–C) groups is 1. The van der Waals surface area contributed by atoms with E-state index in [-0.39, 0.29) is 30.0 Å². The lowest BCUT2D eigenvalue weighted by atomic mass is 10.2. The molecule has 0 radical (unpaired) electrons. The summed E-state index contributed by atoms with van der Waals surface area (Å²) in [6.07, 6.45) is 0.361. The molecule has 2 aromatic rings. The predicted octanol–water partition coefficient (Wildman–Crippen LogP) is 4.57. The van der Waals surface area contributed by atoms with Crippen LogP contribution in [0.2, 0.25) is 5.02 Å². The number of urea groups is 1. The number of benzene rings is 2. The smallest absolute Gasteiger partial charge is 0.323 e. The van der Waals surface area contributed by atoms with E-state index in [0.29, 0.717) is 18.0 Å². The number of hydrogen-bond acceptors (Lipinski definition) is 4. The Balaban J connectivity index is 2.38. The molecule has 0 saturated heterocycles. The van der Waals surface area contributed by atoms with Crippen molar-refractivity contribution in [2.24, 2.45) is 4.99 Å². The van der Waals surface area contributed by atoms with Gasteiger partial charge in [0.1, 0.15) is 0 Å². The fraction of sp³-hybridized carbons (Fsp3) is 0.318. The molecule has 3 amide bonds. The highest BCUT2D eigenvalue weighted by Crippen LogP contribution is 2.24. The molecule has 31 heavy (non-hydrogen) atoms. The minimum absolute atomic E-state index is 0.0350. The molecule has 7 nitrogen and oxygen atoms in total. The Morgan fingerprint density at radius 2 is 1.94 bits per heavy atom. The zero-order chi connectivity index (χ0) is 23.0. The summed E-state index contributed by atoms with van der Waals surface area (Å²) in [6.45, 7) is 5.98. The number of nitrogens with one attached hydrogen (secondary N) is 1. The third-order valence-corrected chi connectivity index (χ3v) is 4.47. The van der Waals surface area contributed by atoms with Gasteiger partial charge in [-0.3, -0.25) is 15.0 Å². The van der Waals surface area contributed by atoms with E-state index in [4.69, 9.17) is 16.3 Å². The van der Waals surface area contributed by atoms with Crippen molar-refractivity contribution in [2.45, 2.75) is 33.4 Å². The highest BCUT2D eigenvalue weighted by atomic mass is 35.5. The Kier molecular flexibility index (Phi) is 8.81. The van der Waals surface area contributed by atoms with Crippen LogP contribution >= 0.6 is 11.6 Å². The van der Waals surface area contributed by atoms with Gasteiger partial charge in [0, 0.05) is 24.7 Å². The second-order valence-corrected chi connectivity index (χ2v) is 7.46. The topological polar surface area (TPSA) is 74.2 Å². The number of hydrogen-bond donors (Lipinski definition) is 1. The van der Waals surface area contributed by atoms with Gasteiger partial charge in [-0.15, -0.1) is 0 Å². The zero-order valence-electron chi connectivity index (χ0n) is 17.9.